The van der Waals surface area contributed by atoms with Gasteiger partial charge in [-0.3, -0.25) is 4.79 Å². The van der Waals surface area contributed by atoms with Gasteiger partial charge in [0.15, 0.2) is 5.76 Å². The summed E-state index contributed by atoms with van der Waals surface area (Å²) >= 11 is 0. The Bertz CT molecular complexity index is 623. The van der Waals surface area contributed by atoms with Crippen LogP contribution in [0, 0.1) is 0 Å². The summed E-state index contributed by atoms with van der Waals surface area (Å²) in [5.74, 6) is -0.0174. The van der Waals surface area contributed by atoms with E-state index in [0.717, 1.165) is 11.3 Å². The van der Waals surface area contributed by atoms with Crippen LogP contribution in [0.1, 0.15) is 19.4 Å². The number of ketones is 1. The van der Waals surface area contributed by atoms with Crippen molar-refractivity contribution in [2.45, 2.75) is 13.8 Å². The van der Waals surface area contributed by atoms with Gasteiger partial charge in [0.2, 0.25) is 5.78 Å². The van der Waals surface area contributed by atoms with Gasteiger partial charge in [-0.05, 0) is 37.6 Å². The summed E-state index contributed by atoms with van der Waals surface area (Å²) in [6.45, 7) is 3.46. The molecule has 0 bridgehead atoms. The molecule has 1 aliphatic heterocycles. The van der Waals surface area contributed by atoms with Crippen LogP contribution in [0.15, 0.2) is 41.4 Å². The van der Waals surface area contributed by atoms with Crippen molar-refractivity contribution in [2.24, 2.45) is 0 Å². The van der Waals surface area contributed by atoms with Crippen molar-refractivity contribution in [3.05, 3.63) is 46.9 Å². The molecule has 0 amide bonds. The molecule has 110 valence electrons. The molecule has 1 aliphatic rings. The van der Waals surface area contributed by atoms with E-state index in [0.29, 0.717) is 0 Å². The number of hydrogen-bond acceptors (Lipinski definition) is 5. The number of ether oxygens (including phenoxy) is 3. The van der Waals surface area contributed by atoms with Crippen molar-refractivity contribution in [1.82, 2.24) is 0 Å². The normalized spacial score (nSPS) is 16.1. The molecule has 2 rings (SSSR count). The zero-order valence-electron chi connectivity index (χ0n) is 12.1. The standard InChI is InChI=1S/C16H16O5/c1-4-20-16(18)14-10(2)21-13(15(14)17)9-11-5-7-12(19-3)8-6-11/h5-9H,4H2,1-3H3/b13-9+. The number of rotatable bonds is 4. The van der Waals surface area contributed by atoms with Gasteiger partial charge in [0.05, 0.1) is 13.7 Å². The van der Waals surface area contributed by atoms with Gasteiger partial charge in [-0.25, -0.2) is 4.79 Å². The van der Waals surface area contributed by atoms with E-state index in [9.17, 15) is 9.59 Å². The third-order valence-corrected chi connectivity index (χ3v) is 2.96. The second-order valence-electron chi connectivity index (χ2n) is 4.36. The summed E-state index contributed by atoms with van der Waals surface area (Å²) in [4.78, 5) is 23.9. The van der Waals surface area contributed by atoms with Crippen LogP contribution in [0.5, 0.6) is 5.75 Å². The number of carbonyl (C=O) groups excluding carboxylic acids is 2. The molecule has 1 heterocycles. The topological polar surface area (TPSA) is 61.8 Å². The first-order chi connectivity index (χ1) is 10.1. The molecular formula is C16H16O5. The highest BCUT2D eigenvalue weighted by molar-refractivity contribution is 6.26. The Hall–Kier alpha value is -2.56. The van der Waals surface area contributed by atoms with Crippen molar-refractivity contribution in [2.75, 3.05) is 13.7 Å². The number of Topliss-reactive ketones (excluding diaryl/α,β-unsaturated/α-hetero) is 1. The van der Waals surface area contributed by atoms with Crippen molar-refractivity contribution < 1.29 is 23.8 Å². The van der Waals surface area contributed by atoms with E-state index in [2.05, 4.69) is 0 Å². The third-order valence-electron chi connectivity index (χ3n) is 2.96. The SMILES string of the molecule is CCOC(=O)C1=C(C)O/C(=C/c2ccc(OC)cc2)C1=O. The van der Waals surface area contributed by atoms with Crippen molar-refractivity contribution in [1.29, 1.82) is 0 Å². The van der Waals surface area contributed by atoms with Crippen LogP contribution in [0.2, 0.25) is 0 Å². The zero-order chi connectivity index (χ0) is 15.4. The maximum Gasteiger partial charge on any atom is 0.345 e. The van der Waals surface area contributed by atoms with Gasteiger partial charge >= 0.3 is 5.97 Å². The highest BCUT2D eigenvalue weighted by atomic mass is 16.5. The van der Waals surface area contributed by atoms with Gasteiger partial charge in [0.1, 0.15) is 17.1 Å². The number of hydrogen-bond donors (Lipinski definition) is 0. The summed E-state index contributed by atoms with van der Waals surface area (Å²) in [7, 11) is 1.58. The Labute approximate surface area is 122 Å². The Kier molecular flexibility index (Phi) is 4.42. The number of carbonyl (C=O) groups is 2. The Balaban J connectivity index is 2.22. The first-order valence-corrected chi connectivity index (χ1v) is 6.53. The molecule has 0 fully saturated rings. The van der Waals surface area contributed by atoms with Crippen LogP contribution in [0.4, 0.5) is 0 Å². The lowest BCUT2D eigenvalue weighted by molar-refractivity contribution is -0.139. The maximum absolute atomic E-state index is 12.2. The van der Waals surface area contributed by atoms with Crippen molar-refractivity contribution in [3.8, 4) is 5.75 Å². The second-order valence-corrected chi connectivity index (χ2v) is 4.36. The molecule has 0 N–H and O–H groups in total. The minimum atomic E-state index is -0.655. The minimum Gasteiger partial charge on any atom is -0.497 e. The monoisotopic (exact) mass is 288 g/mol. The zero-order valence-corrected chi connectivity index (χ0v) is 12.1. The lowest BCUT2D eigenvalue weighted by Gasteiger charge is -2.01. The van der Waals surface area contributed by atoms with E-state index in [1.165, 1.54) is 0 Å². The molecule has 21 heavy (non-hydrogen) atoms. The molecule has 0 aromatic heterocycles. The van der Waals surface area contributed by atoms with Crippen LogP contribution >= 0.6 is 0 Å². The van der Waals surface area contributed by atoms with Crippen LogP contribution in [0.25, 0.3) is 6.08 Å². The Morgan fingerprint density at radius 1 is 1.29 bits per heavy atom. The number of esters is 1. The van der Waals surface area contributed by atoms with Gasteiger partial charge in [0.25, 0.3) is 0 Å². The predicted octanol–water partition coefficient (Wildman–Crippen LogP) is 2.47. The smallest absolute Gasteiger partial charge is 0.345 e. The predicted molar refractivity (Wildman–Crippen MR) is 76.4 cm³/mol. The Morgan fingerprint density at radius 2 is 1.95 bits per heavy atom. The molecule has 0 radical (unpaired) electrons. The molecule has 0 unspecified atom stereocenters. The summed E-state index contributed by atoms with van der Waals surface area (Å²) in [6.07, 6.45) is 1.58. The van der Waals surface area contributed by atoms with E-state index in [1.54, 1.807) is 51.3 Å². The largest absolute Gasteiger partial charge is 0.497 e. The second kappa shape index (κ2) is 6.26. The highest BCUT2D eigenvalue weighted by Crippen LogP contribution is 2.27. The van der Waals surface area contributed by atoms with E-state index < -0.39 is 11.8 Å². The maximum atomic E-state index is 12.2. The molecule has 5 heteroatoms. The quantitative estimate of drug-likeness (QED) is 0.484. The first kappa shape index (κ1) is 14.8. The summed E-state index contributed by atoms with van der Waals surface area (Å²) in [6, 6.07) is 7.14. The molecule has 1 aromatic carbocycles. The number of methoxy groups -OCH3 is 1. The minimum absolute atomic E-state index is 0.0448. The van der Waals surface area contributed by atoms with Crippen LogP contribution in [0.3, 0.4) is 0 Å². The van der Waals surface area contributed by atoms with Crippen LogP contribution < -0.4 is 4.74 Å². The lowest BCUT2D eigenvalue weighted by Crippen LogP contribution is -2.14. The van der Waals surface area contributed by atoms with Gasteiger partial charge in [-0.2, -0.15) is 0 Å². The van der Waals surface area contributed by atoms with Crippen molar-refractivity contribution in [3.63, 3.8) is 0 Å². The van der Waals surface area contributed by atoms with Gasteiger partial charge in [0, 0.05) is 0 Å². The first-order valence-electron chi connectivity index (χ1n) is 6.53. The molecular weight excluding hydrogens is 272 g/mol. The fourth-order valence-corrected chi connectivity index (χ4v) is 1.93. The number of allylic oxidation sites excluding steroid dienone is 2. The van der Waals surface area contributed by atoms with Crippen LogP contribution in [-0.2, 0) is 19.1 Å². The molecule has 1 aromatic rings. The summed E-state index contributed by atoms with van der Waals surface area (Å²) < 4.78 is 15.3. The Morgan fingerprint density at radius 3 is 2.52 bits per heavy atom. The average Bonchev–Trinajstić information content (AvgIpc) is 2.74. The van der Waals surface area contributed by atoms with Gasteiger partial charge < -0.3 is 14.2 Å². The molecule has 0 aliphatic carbocycles. The van der Waals surface area contributed by atoms with Gasteiger partial charge in [-0.15, -0.1) is 0 Å². The average molecular weight is 288 g/mol. The summed E-state index contributed by atoms with van der Waals surface area (Å²) in [5, 5.41) is 0. The molecule has 5 nitrogen and oxygen atoms in total. The molecule has 0 saturated heterocycles. The fourth-order valence-electron chi connectivity index (χ4n) is 1.93. The van der Waals surface area contributed by atoms with E-state index >= 15 is 0 Å². The number of benzene rings is 1. The van der Waals surface area contributed by atoms with Crippen molar-refractivity contribution >= 4 is 17.8 Å². The van der Waals surface area contributed by atoms with E-state index in [-0.39, 0.29) is 23.7 Å². The van der Waals surface area contributed by atoms with E-state index in [4.69, 9.17) is 14.2 Å². The highest BCUT2D eigenvalue weighted by Gasteiger charge is 2.34. The fraction of sp³-hybridized carbons (Fsp3) is 0.250. The van der Waals surface area contributed by atoms with Crippen LogP contribution in [-0.4, -0.2) is 25.5 Å². The molecule has 0 saturated carbocycles. The van der Waals surface area contributed by atoms with E-state index in [1.807, 2.05) is 0 Å². The molecule has 0 spiro atoms. The molecule has 0 atom stereocenters. The van der Waals surface area contributed by atoms with Gasteiger partial charge in [-0.1, -0.05) is 12.1 Å². The lowest BCUT2D eigenvalue weighted by atomic mass is 10.1. The third kappa shape index (κ3) is 3.13. The summed E-state index contributed by atoms with van der Waals surface area (Å²) in [5.41, 5.74) is 0.730.